The molecule has 4 nitrogen and oxygen atoms in total. The summed E-state index contributed by atoms with van der Waals surface area (Å²) in [6.45, 7) is 4.15. The fraction of sp³-hybridized carbons (Fsp3) is 0.556. The lowest BCUT2D eigenvalue weighted by atomic mass is 9.84. The normalized spacial score (nSPS) is 20.5. The van der Waals surface area contributed by atoms with Crippen LogP contribution in [0.5, 0.6) is 5.75 Å². The molecule has 24 heavy (non-hydrogen) atoms. The first-order valence-corrected chi connectivity index (χ1v) is 9.67. The van der Waals surface area contributed by atoms with Gasteiger partial charge in [-0.15, -0.1) is 0 Å². The summed E-state index contributed by atoms with van der Waals surface area (Å²) in [5.74, 6) is 0.227. The maximum atomic E-state index is 12.7. The van der Waals surface area contributed by atoms with Crippen molar-refractivity contribution in [1.82, 2.24) is 4.90 Å². The number of amides is 1. The molecule has 0 bridgehead atoms. The Labute approximate surface area is 152 Å². The van der Waals surface area contributed by atoms with E-state index in [0.29, 0.717) is 16.3 Å². The van der Waals surface area contributed by atoms with Gasteiger partial charge < -0.3 is 9.64 Å². The van der Waals surface area contributed by atoms with E-state index in [1.807, 2.05) is 0 Å². The molecule has 1 spiro atoms. The number of carbonyl (C=O) groups excluding carboxylic acids is 1. The molecule has 1 aliphatic heterocycles. The zero-order chi connectivity index (χ0) is 17.2. The zero-order valence-electron chi connectivity index (χ0n) is 14.2. The summed E-state index contributed by atoms with van der Waals surface area (Å²) in [5, 5.41) is 1.37. The third-order valence-electron chi connectivity index (χ3n) is 4.69. The lowest BCUT2D eigenvalue weighted by Gasteiger charge is -2.36. The van der Waals surface area contributed by atoms with Crippen molar-refractivity contribution >= 4 is 34.4 Å². The number of rotatable bonds is 5. The molecule has 0 unspecified atom stereocenters. The van der Waals surface area contributed by atoms with Crippen molar-refractivity contribution in [2.45, 2.75) is 43.8 Å². The van der Waals surface area contributed by atoms with E-state index in [1.54, 1.807) is 37.1 Å². The van der Waals surface area contributed by atoms with Crippen LogP contribution in [-0.4, -0.2) is 40.9 Å². The average Bonchev–Trinajstić information content (AvgIpc) is 2.92. The topological polar surface area (TPSA) is 41.9 Å². The maximum Gasteiger partial charge on any atom is 0.283 e. The van der Waals surface area contributed by atoms with Gasteiger partial charge in [-0.2, -0.15) is 4.99 Å². The van der Waals surface area contributed by atoms with Crippen molar-refractivity contribution in [3.05, 3.63) is 28.8 Å². The second-order valence-electron chi connectivity index (χ2n) is 6.46. The highest BCUT2D eigenvalue weighted by molar-refractivity contribution is 8.15. The molecule has 1 heterocycles. The van der Waals surface area contributed by atoms with Crippen LogP contribution in [0.2, 0.25) is 5.02 Å². The van der Waals surface area contributed by atoms with Crippen molar-refractivity contribution in [3.63, 3.8) is 0 Å². The first-order chi connectivity index (χ1) is 11.6. The van der Waals surface area contributed by atoms with E-state index in [0.717, 1.165) is 31.1 Å². The molecule has 1 aromatic rings. The van der Waals surface area contributed by atoms with Crippen molar-refractivity contribution in [2.24, 2.45) is 4.99 Å². The number of methoxy groups -OCH3 is 1. The van der Waals surface area contributed by atoms with Crippen LogP contribution in [-0.2, 0) is 0 Å². The number of carbonyl (C=O) groups is 1. The predicted octanol–water partition coefficient (Wildman–Crippen LogP) is 4.62. The predicted molar refractivity (Wildman–Crippen MR) is 100 cm³/mol. The van der Waals surface area contributed by atoms with E-state index in [9.17, 15) is 4.79 Å². The highest BCUT2D eigenvalue weighted by Gasteiger charge is 2.47. The summed E-state index contributed by atoms with van der Waals surface area (Å²) in [4.78, 5) is 19.4. The Hall–Kier alpha value is -1.20. The monoisotopic (exact) mass is 366 g/mol. The van der Waals surface area contributed by atoms with Gasteiger partial charge in [0, 0.05) is 22.9 Å². The van der Waals surface area contributed by atoms with E-state index in [4.69, 9.17) is 16.3 Å². The number of amidine groups is 1. The van der Waals surface area contributed by atoms with Crippen molar-refractivity contribution < 1.29 is 9.53 Å². The Balaban J connectivity index is 1.85. The zero-order valence-corrected chi connectivity index (χ0v) is 15.8. The molecule has 0 atom stereocenters. The van der Waals surface area contributed by atoms with Gasteiger partial charge >= 0.3 is 0 Å². The Kier molecular flexibility index (Phi) is 5.40. The quantitative estimate of drug-likeness (QED) is 0.762. The second-order valence-corrected chi connectivity index (χ2v) is 8.33. The molecular formula is C18H23ClN2O2S. The summed E-state index contributed by atoms with van der Waals surface area (Å²) >= 11 is 7.82. The van der Waals surface area contributed by atoms with Gasteiger partial charge in [-0.1, -0.05) is 43.1 Å². The summed E-state index contributed by atoms with van der Waals surface area (Å²) in [6, 6.07) is 5.05. The van der Waals surface area contributed by atoms with Crippen molar-refractivity contribution in [1.29, 1.82) is 0 Å². The van der Waals surface area contributed by atoms with Gasteiger partial charge in [0.15, 0.2) is 5.17 Å². The fourth-order valence-corrected chi connectivity index (χ4v) is 4.83. The number of hydrogen-bond donors (Lipinski definition) is 0. The number of unbranched alkanes of at least 4 members (excludes halogenated alkanes) is 1. The van der Waals surface area contributed by atoms with Crippen LogP contribution in [0.3, 0.4) is 0 Å². The molecule has 6 heteroatoms. The van der Waals surface area contributed by atoms with E-state index in [1.165, 1.54) is 19.3 Å². The molecule has 1 amide bonds. The van der Waals surface area contributed by atoms with Gasteiger partial charge in [0.05, 0.1) is 12.7 Å². The Morgan fingerprint density at radius 1 is 1.46 bits per heavy atom. The van der Waals surface area contributed by atoms with Crippen LogP contribution < -0.4 is 4.74 Å². The minimum Gasteiger partial charge on any atom is -0.496 e. The van der Waals surface area contributed by atoms with Gasteiger partial charge in [-0.3, -0.25) is 4.79 Å². The minimum absolute atomic E-state index is 0.283. The van der Waals surface area contributed by atoms with Gasteiger partial charge in [-0.05, 0) is 37.5 Å². The third kappa shape index (κ3) is 3.57. The number of aliphatic imine (C=N–C) groups is 1. The molecule has 0 N–H and O–H groups in total. The van der Waals surface area contributed by atoms with Crippen LogP contribution in [0.4, 0.5) is 0 Å². The van der Waals surface area contributed by atoms with Crippen LogP contribution in [0.15, 0.2) is 23.2 Å². The van der Waals surface area contributed by atoms with Gasteiger partial charge in [0.2, 0.25) is 0 Å². The van der Waals surface area contributed by atoms with Gasteiger partial charge in [-0.25, -0.2) is 0 Å². The molecule has 0 aromatic heterocycles. The summed E-state index contributed by atoms with van der Waals surface area (Å²) in [6.07, 6.45) is 5.96. The summed E-state index contributed by atoms with van der Waals surface area (Å²) in [7, 11) is 1.55. The molecule has 2 aliphatic rings. The van der Waals surface area contributed by atoms with Crippen LogP contribution in [0.25, 0.3) is 0 Å². The lowest BCUT2D eigenvalue weighted by molar-refractivity contribution is 0.0998. The maximum absolute atomic E-state index is 12.7. The Morgan fingerprint density at radius 2 is 2.25 bits per heavy atom. The minimum atomic E-state index is -0.283. The number of hydrogen-bond acceptors (Lipinski definition) is 3. The molecule has 1 aromatic carbocycles. The van der Waals surface area contributed by atoms with Crippen molar-refractivity contribution in [3.8, 4) is 5.75 Å². The standard InChI is InChI=1S/C18H23ClN2O2S/c1-3-4-10-21-12-18(8-5-9-18)24-17(21)20-16(22)14-11-13(19)6-7-15(14)23-2/h6-7,11H,3-5,8-10,12H2,1-2H3/b20-17-. The van der Waals surface area contributed by atoms with E-state index in [2.05, 4.69) is 16.8 Å². The van der Waals surface area contributed by atoms with E-state index < -0.39 is 0 Å². The molecule has 1 saturated carbocycles. The molecule has 0 radical (unpaired) electrons. The van der Waals surface area contributed by atoms with Crippen LogP contribution in [0.1, 0.15) is 49.4 Å². The van der Waals surface area contributed by atoms with E-state index >= 15 is 0 Å². The van der Waals surface area contributed by atoms with E-state index in [-0.39, 0.29) is 10.7 Å². The molecule has 2 fully saturated rings. The van der Waals surface area contributed by atoms with Crippen LogP contribution >= 0.6 is 23.4 Å². The first-order valence-electron chi connectivity index (χ1n) is 8.47. The Morgan fingerprint density at radius 3 is 2.88 bits per heavy atom. The lowest BCUT2D eigenvalue weighted by Crippen LogP contribution is -2.38. The molecule has 1 saturated heterocycles. The van der Waals surface area contributed by atoms with Gasteiger partial charge in [0.25, 0.3) is 5.91 Å². The highest BCUT2D eigenvalue weighted by atomic mass is 35.5. The summed E-state index contributed by atoms with van der Waals surface area (Å²) < 4.78 is 5.56. The van der Waals surface area contributed by atoms with Crippen LogP contribution in [0, 0.1) is 0 Å². The number of thioether (sulfide) groups is 1. The highest BCUT2D eigenvalue weighted by Crippen LogP contribution is 2.50. The molecule has 3 rings (SSSR count). The molecule has 130 valence electrons. The SMILES string of the molecule is CCCCN1CC2(CCC2)S/C1=N\C(=O)c1cc(Cl)ccc1OC. The average molecular weight is 367 g/mol. The largest absolute Gasteiger partial charge is 0.496 e. The first kappa shape index (κ1) is 17.6. The van der Waals surface area contributed by atoms with Gasteiger partial charge in [0.1, 0.15) is 5.75 Å². The number of nitrogens with zero attached hydrogens (tertiary/aromatic N) is 2. The Bertz CT molecular complexity index is 658. The molecule has 1 aliphatic carbocycles. The number of ether oxygens (including phenoxy) is 1. The molecular weight excluding hydrogens is 344 g/mol. The number of benzene rings is 1. The third-order valence-corrected chi connectivity index (χ3v) is 6.43. The number of halogens is 1. The fourth-order valence-electron chi connectivity index (χ4n) is 3.15. The summed E-state index contributed by atoms with van der Waals surface area (Å²) in [5.41, 5.74) is 0.420. The smallest absolute Gasteiger partial charge is 0.283 e. The second kappa shape index (κ2) is 7.36. The van der Waals surface area contributed by atoms with Crippen molar-refractivity contribution in [2.75, 3.05) is 20.2 Å².